The Kier molecular flexibility index (Phi) is 22.2. The Morgan fingerprint density at radius 3 is 1.89 bits per heavy atom. The topological polar surface area (TPSA) is 435 Å². The van der Waals surface area contributed by atoms with Crippen LogP contribution < -0.4 is 66.3 Å². The third kappa shape index (κ3) is 18.6. The molecule has 4 rings (SSSR count). The number of carbonyl (C=O) groups excluding carboxylic acids is 10. The van der Waals surface area contributed by atoms with Crippen molar-refractivity contribution in [3.05, 3.63) is 65.7 Å². The van der Waals surface area contributed by atoms with Crippen molar-refractivity contribution < 1.29 is 53.1 Å². The summed E-state index contributed by atoms with van der Waals surface area (Å²) in [6, 6.07) is 3.17. The van der Waals surface area contributed by atoms with E-state index in [9.17, 15) is 53.1 Å². The van der Waals surface area contributed by atoms with Crippen molar-refractivity contribution in [2.45, 2.75) is 106 Å². The molecular weight excluding hydrogens is 965 g/mol. The average Bonchev–Trinajstić information content (AvgIpc) is 3.82. The van der Waals surface area contributed by atoms with Gasteiger partial charge in [-0.25, -0.2) is 0 Å². The molecule has 2 aromatic rings. The maximum absolute atomic E-state index is 14.5. The number of phenols is 1. The highest BCUT2D eigenvalue weighted by Crippen LogP contribution is 2.26. The predicted octanol–water partition coefficient (Wildman–Crippen LogP) is -4.52. The number of hydrogen-bond donors (Lipinski definition) is 13. The van der Waals surface area contributed by atoms with Gasteiger partial charge in [-0.3, -0.25) is 52.9 Å². The number of hydrogen-bond acceptors (Lipinski definition) is 15. The van der Waals surface area contributed by atoms with Gasteiger partial charge in [0.05, 0.1) is 12.5 Å². The summed E-state index contributed by atoms with van der Waals surface area (Å²) in [6.07, 6.45) is -1.06. The van der Waals surface area contributed by atoms with Gasteiger partial charge in [0.2, 0.25) is 59.1 Å². The zero-order valence-corrected chi connectivity index (χ0v) is 40.3. The lowest BCUT2D eigenvalue weighted by Crippen LogP contribution is -2.61. The van der Waals surface area contributed by atoms with Crippen molar-refractivity contribution in [3.8, 4) is 5.75 Å². The van der Waals surface area contributed by atoms with Gasteiger partial charge in [0, 0.05) is 43.9 Å². The molecular formula is C44H62N14O11S2. The van der Waals surface area contributed by atoms with E-state index in [0.717, 1.165) is 21.6 Å². The number of aromatic hydroxyl groups is 1. The molecule has 2 aliphatic heterocycles. The number of nitrogens with two attached hydrogens (primary N) is 6. The number of primary amides is 3. The summed E-state index contributed by atoms with van der Waals surface area (Å²) in [5.74, 6) is -9.45. The highest BCUT2D eigenvalue weighted by Gasteiger charge is 2.40. The largest absolute Gasteiger partial charge is 0.508 e. The van der Waals surface area contributed by atoms with Crippen molar-refractivity contribution in [2.75, 3.05) is 24.6 Å². The summed E-state index contributed by atoms with van der Waals surface area (Å²) in [4.78, 5) is 140. The summed E-state index contributed by atoms with van der Waals surface area (Å²) in [5, 5.41) is 25.3. The van der Waals surface area contributed by atoms with Crippen LogP contribution in [0.2, 0.25) is 0 Å². The average molecular weight is 1030 g/mol. The third-order valence-electron chi connectivity index (χ3n) is 11.2. The second kappa shape index (κ2) is 27.9. The van der Waals surface area contributed by atoms with Crippen LogP contribution in [0, 0.1) is 0 Å². The molecule has 0 bridgehead atoms. The minimum absolute atomic E-state index is 0.0464. The minimum Gasteiger partial charge on any atom is -0.508 e. The summed E-state index contributed by atoms with van der Waals surface area (Å²) in [7, 11) is 2.04. The van der Waals surface area contributed by atoms with Crippen molar-refractivity contribution in [3.63, 3.8) is 0 Å². The number of aliphatic imine (C=N–C) groups is 1. The molecule has 0 unspecified atom stereocenters. The highest BCUT2D eigenvalue weighted by molar-refractivity contribution is 8.76. The predicted molar refractivity (Wildman–Crippen MR) is 263 cm³/mol. The molecule has 0 radical (unpaired) electrons. The summed E-state index contributed by atoms with van der Waals surface area (Å²) in [6.45, 7) is 0.196. The second-order valence-electron chi connectivity index (χ2n) is 16.8. The number of nitrogens with zero attached hydrogens (tertiary/aromatic N) is 2. The first-order valence-electron chi connectivity index (χ1n) is 22.6. The van der Waals surface area contributed by atoms with Crippen LogP contribution in [-0.4, -0.2) is 148 Å². The second-order valence-corrected chi connectivity index (χ2v) is 19.4. The number of likely N-dealkylation sites (tertiary alicyclic amines) is 1. The highest BCUT2D eigenvalue weighted by atomic mass is 33.1. The fourth-order valence-electron chi connectivity index (χ4n) is 7.52. The van der Waals surface area contributed by atoms with Crippen molar-refractivity contribution in [2.24, 2.45) is 39.4 Å². The van der Waals surface area contributed by atoms with E-state index in [1.165, 1.54) is 29.2 Å². The molecule has 0 aliphatic carbocycles. The van der Waals surface area contributed by atoms with Gasteiger partial charge in [-0.1, -0.05) is 64.1 Å². The summed E-state index contributed by atoms with van der Waals surface area (Å²) >= 11 is 0. The summed E-state index contributed by atoms with van der Waals surface area (Å²) in [5.41, 5.74) is 34.7. The van der Waals surface area contributed by atoms with Gasteiger partial charge in [0.1, 0.15) is 48.0 Å². The number of rotatable bonds is 17. The van der Waals surface area contributed by atoms with Gasteiger partial charge in [-0.2, -0.15) is 0 Å². The van der Waals surface area contributed by atoms with E-state index in [1.54, 1.807) is 30.3 Å². The molecule has 0 spiro atoms. The fraction of sp³-hybridized carbons (Fsp3) is 0.477. The van der Waals surface area contributed by atoms with E-state index < -0.39 is 127 Å². The van der Waals surface area contributed by atoms with Gasteiger partial charge in [-0.15, -0.1) is 0 Å². The van der Waals surface area contributed by atoms with Crippen LogP contribution in [0.4, 0.5) is 0 Å². The lowest BCUT2D eigenvalue weighted by Gasteiger charge is -2.30. The van der Waals surface area contributed by atoms with E-state index in [-0.39, 0.29) is 68.4 Å². The van der Waals surface area contributed by atoms with Crippen molar-refractivity contribution >= 4 is 86.6 Å². The van der Waals surface area contributed by atoms with Gasteiger partial charge >= 0.3 is 0 Å². The van der Waals surface area contributed by atoms with E-state index in [2.05, 4.69) is 36.9 Å². The van der Waals surface area contributed by atoms with E-state index in [1.807, 2.05) is 0 Å². The number of guanidine groups is 1. The third-order valence-corrected chi connectivity index (χ3v) is 13.7. The Labute approximate surface area is 416 Å². The molecule has 2 saturated heterocycles. The van der Waals surface area contributed by atoms with Crippen molar-refractivity contribution in [1.82, 2.24) is 36.8 Å². The zero-order valence-electron chi connectivity index (χ0n) is 38.7. The smallest absolute Gasteiger partial charge is 0.246 e. The zero-order chi connectivity index (χ0) is 52.2. The Morgan fingerprint density at radius 2 is 1.28 bits per heavy atom. The number of phenolic OH excluding ortho intramolecular Hbond substituents is 1. The van der Waals surface area contributed by atoms with Crippen LogP contribution in [0.25, 0.3) is 0 Å². The van der Waals surface area contributed by atoms with Crippen LogP contribution in [0.15, 0.2) is 59.6 Å². The molecule has 2 aromatic carbocycles. The molecule has 2 heterocycles. The van der Waals surface area contributed by atoms with Crippen LogP contribution in [0.3, 0.4) is 0 Å². The van der Waals surface area contributed by atoms with E-state index in [0.29, 0.717) is 17.5 Å². The van der Waals surface area contributed by atoms with Gasteiger partial charge < -0.3 is 76.3 Å². The van der Waals surface area contributed by atoms with Gasteiger partial charge in [0.25, 0.3) is 0 Å². The molecule has 71 heavy (non-hydrogen) atoms. The SMILES string of the molecule is NC(=O)CC[C@H]1NC(=O)[C@H](Cc2ccccc2)NC(=O)[C@@H](Cc2ccc(O)cc2)NC(=O)[C@H](N)CSSC[C@@H](C(=O)N2CCC[C@@H]2C(=O)N[C@@H](CCCN=C(N)N)C(N)=O)NC(=O)[C@H](CC(N)=O)NC1=O. The molecule has 2 fully saturated rings. The van der Waals surface area contributed by atoms with Crippen LogP contribution in [0.1, 0.15) is 56.1 Å². The number of carbonyl (C=O) groups is 10. The Balaban J connectivity index is 1.70. The van der Waals surface area contributed by atoms with Crippen LogP contribution >= 0.6 is 21.6 Å². The van der Waals surface area contributed by atoms with Crippen LogP contribution in [-0.2, 0) is 60.8 Å². The number of nitrogens with one attached hydrogen (secondary N) is 6. The Morgan fingerprint density at radius 1 is 0.718 bits per heavy atom. The normalized spacial score (nSPS) is 23.3. The molecule has 10 amide bonds. The summed E-state index contributed by atoms with van der Waals surface area (Å²) < 4.78 is 0. The number of amides is 10. The van der Waals surface area contributed by atoms with E-state index >= 15 is 0 Å². The van der Waals surface area contributed by atoms with Gasteiger partial charge in [-0.05, 0) is 55.4 Å². The van der Waals surface area contributed by atoms with Gasteiger partial charge in [0.15, 0.2) is 5.96 Å². The molecule has 0 aromatic heterocycles. The first-order valence-corrected chi connectivity index (χ1v) is 25.1. The van der Waals surface area contributed by atoms with Crippen LogP contribution in [0.5, 0.6) is 5.75 Å². The molecule has 0 saturated carbocycles. The maximum atomic E-state index is 14.5. The molecule has 386 valence electrons. The lowest BCUT2D eigenvalue weighted by atomic mass is 10.0. The molecule has 2 aliphatic rings. The first kappa shape index (κ1) is 56.5. The first-order chi connectivity index (χ1) is 33.7. The minimum atomic E-state index is -1.77. The quantitative estimate of drug-likeness (QED) is 0.0307. The molecule has 27 heteroatoms. The molecule has 25 nitrogen and oxygen atoms in total. The lowest BCUT2D eigenvalue weighted by molar-refractivity contribution is -0.142. The standard InChI is InChI=1S/C44H62N14O11S2/c45-26-21-70-71-22-32(43(69)58-17-5-9-33(58)42(68)52-27(36(48)62)8-4-16-51-44(49)50)57-41(67)31(20-35(47)61)56-38(64)28(14-15-34(46)60)53-39(65)30(18-23-6-2-1-3-7-23)55-40(66)29(54-37(26)63)19-24-10-12-25(59)13-11-24/h1-3,6-7,10-13,26-33,59H,4-5,8-9,14-22,45H2,(H2,46,60)(H2,47,61)(H2,48,62)(H,52,68)(H,53,65)(H,54,63)(H,55,66)(H,56,64)(H,57,67)(H4,49,50,51)/t26-,27+,28-,29-,30+,31+,32+,33-/m1/s1. The molecule has 8 atom stereocenters. The van der Waals surface area contributed by atoms with E-state index in [4.69, 9.17) is 34.4 Å². The maximum Gasteiger partial charge on any atom is 0.246 e. The number of benzene rings is 2. The molecule has 19 N–H and O–H groups in total. The fourth-order valence-corrected chi connectivity index (χ4v) is 9.80. The van der Waals surface area contributed by atoms with Crippen molar-refractivity contribution in [1.29, 1.82) is 0 Å². The monoisotopic (exact) mass is 1030 g/mol. The Hall–Kier alpha value is -7.13. The Bertz CT molecular complexity index is 2270.